The fraction of sp³-hybridized carbons (Fsp3) is 0.375. The van der Waals surface area contributed by atoms with Crippen LogP contribution in [0, 0.1) is 0 Å². The second-order valence-electron chi connectivity index (χ2n) is 2.69. The number of hydrogen-bond acceptors (Lipinski definition) is 3. The van der Waals surface area contributed by atoms with Gasteiger partial charge in [-0.2, -0.15) is 0 Å². The Morgan fingerprint density at radius 1 is 1.64 bits per heavy atom. The monoisotopic (exact) mass is 152 g/mol. The molecule has 0 amide bonds. The van der Waals surface area contributed by atoms with Crippen LogP contribution in [0.5, 0.6) is 0 Å². The van der Waals surface area contributed by atoms with Crippen molar-refractivity contribution in [3.05, 3.63) is 24.4 Å². The molecule has 1 aliphatic rings. The number of allylic oxidation sites excluding steroid dienone is 2. The van der Waals surface area contributed by atoms with Crippen LogP contribution in [0.1, 0.15) is 6.92 Å². The first-order chi connectivity index (χ1) is 5.19. The average Bonchev–Trinajstić information content (AvgIpc) is 2.04. The van der Waals surface area contributed by atoms with Gasteiger partial charge in [0.25, 0.3) is 0 Å². The van der Waals surface area contributed by atoms with Crippen molar-refractivity contribution in [2.24, 2.45) is 5.73 Å². The van der Waals surface area contributed by atoms with Gasteiger partial charge in [-0.25, -0.2) is 0 Å². The van der Waals surface area contributed by atoms with Gasteiger partial charge in [-0.15, -0.1) is 0 Å². The molecule has 1 atom stereocenters. The highest BCUT2D eigenvalue weighted by Gasteiger charge is 2.27. The zero-order valence-corrected chi connectivity index (χ0v) is 6.50. The summed E-state index contributed by atoms with van der Waals surface area (Å²) >= 11 is 0. The van der Waals surface area contributed by atoms with Crippen LogP contribution >= 0.6 is 0 Å². The Morgan fingerprint density at radius 3 is 2.82 bits per heavy atom. The zero-order chi connectivity index (χ0) is 8.32. The molecule has 1 heterocycles. The van der Waals surface area contributed by atoms with E-state index >= 15 is 0 Å². The van der Waals surface area contributed by atoms with Crippen LogP contribution in [0.2, 0.25) is 0 Å². The maximum atomic E-state index is 11.2. The van der Waals surface area contributed by atoms with Crippen LogP contribution in [-0.2, 0) is 4.79 Å². The third-order valence-corrected chi connectivity index (χ3v) is 1.78. The van der Waals surface area contributed by atoms with Crippen molar-refractivity contribution in [2.45, 2.75) is 12.5 Å². The lowest BCUT2D eigenvalue weighted by molar-refractivity contribution is -0.121. The normalized spacial score (nSPS) is 28.2. The van der Waals surface area contributed by atoms with Gasteiger partial charge in [0.2, 0.25) is 0 Å². The molecule has 0 saturated heterocycles. The number of hydrogen-bond donors (Lipinski definition) is 2. The number of nitrogens with one attached hydrogen (secondary N) is 1. The summed E-state index contributed by atoms with van der Waals surface area (Å²) < 4.78 is 0. The summed E-state index contributed by atoms with van der Waals surface area (Å²) in [6.45, 7) is 1.88. The van der Waals surface area contributed by atoms with Gasteiger partial charge in [0, 0.05) is 0 Å². The Labute approximate surface area is 66.0 Å². The summed E-state index contributed by atoms with van der Waals surface area (Å²) in [5.41, 5.74) is 4.65. The second kappa shape index (κ2) is 2.88. The van der Waals surface area contributed by atoms with Gasteiger partial charge in [0.1, 0.15) is 5.54 Å². The molecule has 0 bridgehead atoms. The van der Waals surface area contributed by atoms with E-state index in [1.165, 1.54) is 0 Å². The lowest BCUT2D eigenvalue weighted by atomic mass is 9.94. The molecule has 11 heavy (non-hydrogen) atoms. The van der Waals surface area contributed by atoms with Crippen molar-refractivity contribution in [3.8, 4) is 0 Å². The topological polar surface area (TPSA) is 55.1 Å². The Hall–Kier alpha value is -1.09. The molecule has 1 rings (SSSR count). The van der Waals surface area contributed by atoms with Crippen molar-refractivity contribution in [1.82, 2.24) is 5.32 Å². The highest BCUT2D eigenvalue weighted by atomic mass is 16.1. The molecule has 60 valence electrons. The van der Waals surface area contributed by atoms with E-state index < -0.39 is 5.54 Å². The Morgan fingerprint density at radius 2 is 2.36 bits per heavy atom. The number of nitrogens with two attached hydrogens (primary N) is 1. The summed E-state index contributed by atoms with van der Waals surface area (Å²) in [4.78, 5) is 11.2. The van der Waals surface area contributed by atoms with Crippen molar-refractivity contribution < 1.29 is 4.79 Å². The fourth-order valence-corrected chi connectivity index (χ4v) is 0.958. The number of ketones is 1. The van der Waals surface area contributed by atoms with Crippen molar-refractivity contribution >= 4 is 5.78 Å². The standard InChI is InChI=1S/C8H12N2O/c1-8(7(11)6-9)4-2-3-5-10-8/h2-5,10H,6,9H2,1H3. The van der Waals surface area contributed by atoms with Crippen LogP contribution in [0.15, 0.2) is 24.4 Å². The fourth-order valence-electron chi connectivity index (χ4n) is 0.958. The van der Waals surface area contributed by atoms with Gasteiger partial charge in [-0.3, -0.25) is 4.79 Å². The molecule has 3 N–H and O–H groups in total. The molecule has 0 aliphatic carbocycles. The maximum absolute atomic E-state index is 11.2. The molecule has 0 aromatic carbocycles. The minimum atomic E-state index is -0.594. The van der Waals surface area contributed by atoms with E-state index in [1.54, 1.807) is 6.20 Å². The van der Waals surface area contributed by atoms with Crippen LogP contribution < -0.4 is 11.1 Å². The smallest absolute Gasteiger partial charge is 0.175 e. The molecule has 0 saturated carbocycles. The second-order valence-corrected chi connectivity index (χ2v) is 2.69. The van der Waals surface area contributed by atoms with Gasteiger partial charge in [-0.05, 0) is 19.2 Å². The molecule has 3 heteroatoms. The molecule has 1 aliphatic heterocycles. The minimum Gasteiger partial charge on any atom is -0.376 e. The predicted molar refractivity (Wildman–Crippen MR) is 43.9 cm³/mol. The zero-order valence-electron chi connectivity index (χ0n) is 6.50. The van der Waals surface area contributed by atoms with E-state index in [4.69, 9.17) is 5.73 Å². The van der Waals surface area contributed by atoms with Crippen molar-refractivity contribution in [1.29, 1.82) is 0 Å². The summed E-state index contributed by atoms with van der Waals surface area (Å²) in [5.74, 6) is -0.00176. The summed E-state index contributed by atoms with van der Waals surface area (Å²) in [6.07, 6.45) is 7.23. The first-order valence-electron chi connectivity index (χ1n) is 3.54. The van der Waals surface area contributed by atoms with Gasteiger partial charge < -0.3 is 11.1 Å². The molecule has 0 aromatic heterocycles. The van der Waals surface area contributed by atoms with E-state index in [1.807, 2.05) is 25.2 Å². The van der Waals surface area contributed by atoms with E-state index in [0.29, 0.717) is 0 Å². The summed E-state index contributed by atoms with van der Waals surface area (Å²) in [7, 11) is 0. The lowest BCUT2D eigenvalue weighted by Gasteiger charge is -2.26. The van der Waals surface area contributed by atoms with Crippen LogP contribution in [0.25, 0.3) is 0 Å². The van der Waals surface area contributed by atoms with Crippen molar-refractivity contribution in [2.75, 3.05) is 6.54 Å². The van der Waals surface area contributed by atoms with E-state index in [9.17, 15) is 4.79 Å². The minimum absolute atomic E-state index is 0.00176. The number of rotatable bonds is 2. The molecular formula is C8H12N2O. The Balaban J connectivity index is 2.75. The molecule has 1 unspecified atom stereocenters. The van der Waals surface area contributed by atoms with Crippen molar-refractivity contribution in [3.63, 3.8) is 0 Å². The molecule has 0 radical (unpaired) electrons. The first kappa shape index (κ1) is 8.01. The third kappa shape index (κ3) is 1.49. The SMILES string of the molecule is CC1(C(=O)CN)C=CC=CN1. The first-order valence-corrected chi connectivity index (χ1v) is 3.54. The largest absolute Gasteiger partial charge is 0.376 e. The molecule has 0 aromatic rings. The third-order valence-electron chi connectivity index (χ3n) is 1.78. The number of Topliss-reactive ketones (excluding diaryl/α,β-unsaturated/α-hetero) is 1. The highest BCUT2D eigenvalue weighted by molar-refractivity contribution is 5.92. The summed E-state index contributed by atoms with van der Waals surface area (Å²) in [6, 6.07) is 0. The van der Waals surface area contributed by atoms with Gasteiger partial charge in [-0.1, -0.05) is 12.2 Å². The predicted octanol–water partition coefficient (Wildman–Crippen LogP) is -0.0540. The van der Waals surface area contributed by atoms with Gasteiger partial charge in [0.15, 0.2) is 5.78 Å². The lowest BCUT2D eigenvalue weighted by Crippen LogP contribution is -2.48. The molecule has 3 nitrogen and oxygen atoms in total. The Kier molecular flexibility index (Phi) is 2.10. The number of carbonyl (C=O) groups is 1. The van der Waals surface area contributed by atoms with E-state index in [0.717, 1.165) is 0 Å². The molecule has 0 fully saturated rings. The molecule has 0 spiro atoms. The Bertz CT molecular complexity index is 220. The van der Waals surface area contributed by atoms with E-state index in [2.05, 4.69) is 5.32 Å². The number of carbonyl (C=O) groups excluding carboxylic acids is 1. The average molecular weight is 152 g/mol. The number of dihydropyridines is 1. The quantitative estimate of drug-likeness (QED) is 0.583. The van der Waals surface area contributed by atoms with Gasteiger partial charge >= 0.3 is 0 Å². The van der Waals surface area contributed by atoms with E-state index in [-0.39, 0.29) is 12.3 Å². The van der Waals surface area contributed by atoms with Crippen LogP contribution in [-0.4, -0.2) is 17.9 Å². The van der Waals surface area contributed by atoms with Gasteiger partial charge in [0.05, 0.1) is 6.54 Å². The van der Waals surface area contributed by atoms with Crippen LogP contribution in [0.4, 0.5) is 0 Å². The molecular weight excluding hydrogens is 140 g/mol. The highest BCUT2D eigenvalue weighted by Crippen LogP contribution is 2.10. The summed E-state index contributed by atoms with van der Waals surface area (Å²) in [5, 5.41) is 2.95. The van der Waals surface area contributed by atoms with Crippen LogP contribution in [0.3, 0.4) is 0 Å². The maximum Gasteiger partial charge on any atom is 0.175 e.